The Morgan fingerprint density at radius 1 is 1.16 bits per heavy atom. The molecule has 10 heteroatoms. The molecule has 1 aromatic carbocycles. The van der Waals surface area contributed by atoms with Gasteiger partial charge in [-0.2, -0.15) is 4.98 Å². The topological polar surface area (TPSA) is 122 Å². The maximum Gasteiger partial charge on any atom is 0.361 e. The van der Waals surface area contributed by atoms with Crippen molar-refractivity contribution < 1.29 is 23.2 Å². The highest BCUT2D eigenvalue weighted by Gasteiger charge is 2.24. The van der Waals surface area contributed by atoms with E-state index in [-0.39, 0.29) is 29.9 Å². The molecule has 0 spiro atoms. The number of methoxy groups -OCH3 is 1. The van der Waals surface area contributed by atoms with Crippen molar-refractivity contribution in [2.75, 3.05) is 13.7 Å². The van der Waals surface area contributed by atoms with Gasteiger partial charge >= 0.3 is 5.97 Å². The maximum atomic E-state index is 13.1. The van der Waals surface area contributed by atoms with Crippen molar-refractivity contribution in [3.05, 3.63) is 57.6 Å². The molecule has 31 heavy (non-hydrogen) atoms. The average molecular weight is 424 g/mol. The third kappa shape index (κ3) is 3.67. The van der Waals surface area contributed by atoms with E-state index in [0.29, 0.717) is 23.2 Å². The Balaban J connectivity index is 1.73. The number of hydrogen-bond donors (Lipinski definition) is 0. The SMILES string of the molecule is CCOC(=O)c1noc2nc(C)n(Cc3nc(-c4ccc(OC)cc4)oc3C)c(=O)c12. The zero-order chi connectivity index (χ0) is 22.1. The predicted molar refractivity (Wildman–Crippen MR) is 109 cm³/mol. The number of ether oxygens (including phenoxy) is 2. The van der Waals surface area contributed by atoms with Crippen LogP contribution in [0.5, 0.6) is 5.75 Å². The maximum absolute atomic E-state index is 13.1. The summed E-state index contributed by atoms with van der Waals surface area (Å²) in [5.41, 5.74) is 0.652. The van der Waals surface area contributed by atoms with Crippen LogP contribution in [0.3, 0.4) is 0 Å². The van der Waals surface area contributed by atoms with Crippen LogP contribution in [0.25, 0.3) is 22.6 Å². The molecule has 0 saturated heterocycles. The fourth-order valence-corrected chi connectivity index (χ4v) is 3.15. The zero-order valence-electron chi connectivity index (χ0n) is 17.5. The highest BCUT2D eigenvalue weighted by molar-refractivity contribution is 5.99. The first kappa shape index (κ1) is 20.3. The molecule has 0 aliphatic carbocycles. The molecule has 3 aromatic heterocycles. The van der Waals surface area contributed by atoms with Crippen LogP contribution in [0.2, 0.25) is 0 Å². The molecule has 0 atom stereocenters. The third-order valence-corrected chi connectivity index (χ3v) is 4.79. The summed E-state index contributed by atoms with van der Waals surface area (Å²) in [6.07, 6.45) is 0. The van der Waals surface area contributed by atoms with Gasteiger partial charge in [0, 0.05) is 5.56 Å². The Morgan fingerprint density at radius 3 is 2.58 bits per heavy atom. The lowest BCUT2D eigenvalue weighted by Crippen LogP contribution is -2.25. The number of carbonyl (C=O) groups excluding carboxylic acids is 1. The molecule has 0 radical (unpaired) electrons. The monoisotopic (exact) mass is 424 g/mol. The number of fused-ring (bicyclic) bond motifs is 1. The van der Waals surface area contributed by atoms with Crippen molar-refractivity contribution >= 4 is 17.1 Å². The standard InChI is InChI=1S/C21H20N4O6/c1-5-29-21(27)17-16-19(31-24-17)22-12(3)25(20(16)26)10-15-11(2)30-18(23-15)13-6-8-14(28-4)9-7-13/h6-9H,5,10H2,1-4H3. The summed E-state index contributed by atoms with van der Waals surface area (Å²) < 4.78 is 22.4. The average Bonchev–Trinajstić information content (AvgIpc) is 3.35. The molecule has 4 aromatic rings. The van der Waals surface area contributed by atoms with Crippen LogP contribution in [0.1, 0.15) is 34.7 Å². The van der Waals surface area contributed by atoms with E-state index in [9.17, 15) is 9.59 Å². The number of aromatic nitrogens is 4. The summed E-state index contributed by atoms with van der Waals surface area (Å²) in [5, 5.41) is 3.64. The lowest BCUT2D eigenvalue weighted by molar-refractivity contribution is 0.0516. The quantitative estimate of drug-likeness (QED) is 0.430. The molecule has 0 N–H and O–H groups in total. The van der Waals surface area contributed by atoms with Gasteiger partial charge < -0.3 is 18.4 Å². The normalized spacial score (nSPS) is 11.1. The Labute approximate surface area is 176 Å². The van der Waals surface area contributed by atoms with Gasteiger partial charge in [0.25, 0.3) is 11.3 Å². The summed E-state index contributed by atoms with van der Waals surface area (Å²) in [4.78, 5) is 34.1. The number of hydrogen-bond acceptors (Lipinski definition) is 9. The number of carbonyl (C=O) groups is 1. The van der Waals surface area contributed by atoms with Crippen molar-refractivity contribution in [2.45, 2.75) is 27.3 Å². The van der Waals surface area contributed by atoms with Gasteiger partial charge in [0.15, 0.2) is 0 Å². The van der Waals surface area contributed by atoms with E-state index in [1.807, 2.05) is 24.3 Å². The first-order chi connectivity index (χ1) is 14.9. The Kier molecular flexibility index (Phi) is 5.28. The third-order valence-electron chi connectivity index (χ3n) is 4.79. The Morgan fingerprint density at radius 2 is 1.90 bits per heavy atom. The number of rotatable bonds is 6. The molecule has 160 valence electrons. The van der Waals surface area contributed by atoms with E-state index in [2.05, 4.69) is 15.1 Å². The summed E-state index contributed by atoms with van der Waals surface area (Å²) in [6, 6.07) is 7.29. The molecular weight excluding hydrogens is 404 g/mol. The van der Waals surface area contributed by atoms with Gasteiger partial charge in [-0.1, -0.05) is 5.16 Å². The smallest absolute Gasteiger partial charge is 0.361 e. The van der Waals surface area contributed by atoms with Gasteiger partial charge in [0.1, 0.15) is 28.4 Å². The van der Waals surface area contributed by atoms with Crippen LogP contribution in [-0.2, 0) is 11.3 Å². The van der Waals surface area contributed by atoms with Gasteiger partial charge in [-0.05, 0) is 45.0 Å². The zero-order valence-corrected chi connectivity index (χ0v) is 17.5. The molecule has 0 bridgehead atoms. The highest BCUT2D eigenvalue weighted by Crippen LogP contribution is 2.24. The van der Waals surface area contributed by atoms with E-state index < -0.39 is 11.5 Å². The second kappa shape index (κ2) is 8.05. The number of esters is 1. The Bertz CT molecular complexity index is 1320. The van der Waals surface area contributed by atoms with Crippen LogP contribution in [0.15, 0.2) is 38.0 Å². The first-order valence-electron chi connectivity index (χ1n) is 9.57. The second-order valence-electron chi connectivity index (χ2n) is 6.73. The lowest BCUT2D eigenvalue weighted by atomic mass is 10.2. The van der Waals surface area contributed by atoms with Crippen molar-refractivity contribution in [2.24, 2.45) is 0 Å². The van der Waals surface area contributed by atoms with Crippen molar-refractivity contribution in [1.29, 1.82) is 0 Å². The van der Waals surface area contributed by atoms with E-state index >= 15 is 0 Å². The summed E-state index contributed by atoms with van der Waals surface area (Å²) >= 11 is 0. The number of oxazole rings is 1. The molecule has 0 amide bonds. The van der Waals surface area contributed by atoms with Gasteiger partial charge in [-0.3, -0.25) is 9.36 Å². The molecule has 4 rings (SSSR count). The number of aryl methyl sites for hydroxylation is 2. The minimum Gasteiger partial charge on any atom is -0.497 e. The summed E-state index contributed by atoms with van der Waals surface area (Å²) in [7, 11) is 1.59. The molecular formula is C21H20N4O6. The van der Waals surface area contributed by atoms with E-state index in [4.69, 9.17) is 18.4 Å². The van der Waals surface area contributed by atoms with Crippen LogP contribution in [-0.4, -0.2) is 39.4 Å². The van der Waals surface area contributed by atoms with Crippen molar-refractivity contribution in [1.82, 2.24) is 19.7 Å². The van der Waals surface area contributed by atoms with Crippen LogP contribution < -0.4 is 10.3 Å². The minimum absolute atomic E-state index is 0.0161. The lowest BCUT2D eigenvalue weighted by Gasteiger charge is -2.07. The van der Waals surface area contributed by atoms with Gasteiger partial charge in [-0.15, -0.1) is 0 Å². The fraction of sp³-hybridized carbons (Fsp3) is 0.286. The second-order valence-corrected chi connectivity index (χ2v) is 6.73. The highest BCUT2D eigenvalue weighted by atomic mass is 16.5. The Hall–Kier alpha value is -3.95. The largest absolute Gasteiger partial charge is 0.497 e. The molecule has 3 heterocycles. The van der Waals surface area contributed by atoms with Crippen molar-refractivity contribution in [3.63, 3.8) is 0 Å². The predicted octanol–water partition coefficient (Wildman–Crippen LogP) is 2.89. The fourth-order valence-electron chi connectivity index (χ4n) is 3.15. The first-order valence-corrected chi connectivity index (χ1v) is 9.57. The van der Waals surface area contributed by atoms with E-state index in [1.54, 1.807) is 27.9 Å². The van der Waals surface area contributed by atoms with Crippen LogP contribution in [0.4, 0.5) is 0 Å². The van der Waals surface area contributed by atoms with E-state index in [1.165, 1.54) is 4.57 Å². The van der Waals surface area contributed by atoms with E-state index in [0.717, 1.165) is 11.3 Å². The summed E-state index contributed by atoms with van der Waals surface area (Å²) in [6.45, 7) is 5.34. The number of benzene rings is 1. The molecule has 0 saturated carbocycles. The number of nitrogens with zero attached hydrogens (tertiary/aromatic N) is 4. The molecule has 0 fully saturated rings. The minimum atomic E-state index is -0.741. The van der Waals surface area contributed by atoms with Crippen LogP contribution in [0, 0.1) is 13.8 Å². The van der Waals surface area contributed by atoms with Gasteiger partial charge in [-0.25, -0.2) is 9.78 Å². The molecule has 0 aliphatic rings. The van der Waals surface area contributed by atoms with Crippen LogP contribution >= 0.6 is 0 Å². The summed E-state index contributed by atoms with van der Waals surface area (Å²) in [5.74, 6) is 1.35. The van der Waals surface area contributed by atoms with Crippen molar-refractivity contribution in [3.8, 4) is 17.2 Å². The van der Waals surface area contributed by atoms with Gasteiger partial charge in [0.05, 0.1) is 20.3 Å². The molecule has 10 nitrogen and oxygen atoms in total. The molecule has 0 aliphatic heterocycles. The molecule has 0 unspecified atom stereocenters. The van der Waals surface area contributed by atoms with Gasteiger partial charge in [0.2, 0.25) is 11.6 Å².